The Morgan fingerprint density at radius 2 is 2.22 bits per heavy atom. The highest BCUT2D eigenvalue weighted by Gasteiger charge is 2.30. The Kier molecular flexibility index (Phi) is 3.44. The quantitative estimate of drug-likeness (QED) is 0.702. The zero-order valence-corrected chi connectivity index (χ0v) is 13.1. The van der Waals surface area contributed by atoms with Gasteiger partial charge in [-0.25, -0.2) is 9.50 Å². The summed E-state index contributed by atoms with van der Waals surface area (Å²) in [7, 11) is 0. The molecule has 0 atom stereocenters. The van der Waals surface area contributed by atoms with E-state index in [1.54, 1.807) is 0 Å². The standard InChI is InChI=1S/C17H19N5O/c1-2-8-21-11-13(10-18-21)14-4-3-5-17-19-16(20-22(14)17)9-15(23)12-6-7-12/h3-5,10-12H,2,6-9H2,1H3. The average Bonchev–Trinajstić information content (AvgIpc) is 3.16. The summed E-state index contributed by atoms with van der Waals surface area (Å²) in [6, 6.07) is 5.88. The lowest BCUT2D eigenvalue weighted by Crippen LogP contribution is -2.06. The maximum Gasteiger partial charge on any atom is 0.159 e. The van der Waals surface area contributed by atoms with Crippen LogP contribution in [0.2, 0.25) is 0 Å². The lowest BCUT2D eigenvalue weighted by molar-refractivity contribution is -0.119. The Hall–Kier alpha value is -2.50. The Bertz CT molecular complexity index is 859. The number of fused-ring (bicyclic) bond motifs is 1. The Morgan fingerprint density at radius 1 is 1.35 bits per heavy atom. The third kappa shape index (κ3) is 2.76. The largest absolute Gasteiger partial charge is 0.299 e. The SMILES string of the molecule is CCCn1cc(-c2cccc3nc(CC(=O)C4CC4)nn23)cn1. The molecule has 0 bridgehead atoms. The Labute approximate surface area is 134 Å². The summed E-state index contributed by atoms with van der Waals surface area (Å²) in [5, 5.41) is 8.92. The topological polar surface area (TPSA) is 65.1 Å². The van der Waals surface area contributed by atoms with Gasteiger partial charge in [0.2, 0.25) is 0 Å². The first kappa shape index (κ1) is 14.1. The summed E-state index contributed by atoms with van der Waals surface area (Å²) in [4.78, 5) is 16.5. The van der Waals surface area contributed by atoms with Crippen molar-refractivity contribution in [3.8, 4) is 11.3 Å². The van der Waals surface area contributed by atoms with Crippen molar-refractivity contribution in [2.24, 2.45) is 5.92 Å². The zero-order valence-electron chi connectivity index (χ0n) is 13.1. The molecule has 0 saturated heterocycles. The molecule has 6 nitrogen and oxygen atoms in total. The molecule has 1 fully saturated rings. The lowest BCUT2D eigenvalue weighted by atomic mass is 10.2. The molecule has 0 radical (unpaired) electrons. The fourth-order valence-corrected chi connectivity index (χ4v) is 2.80. The van der Waals surface area contributed by atoms with Crippen molar-refractivity contribution in [1.29, 1.82) is 0 Å². The van der Waals surface area contributed by atoms with Gasteiger partial charge in [-0.05, 0) is 31.4 Å². The molecule has 0 aliphatic heterocycles. The Balaban J connectivity index is 1.68. The van der Waals surface area contributed by atoms with Gasteiger partial charge in [0.15, 0.2) is 11.5 Å². The van der Waals surface area contributed by atoms with Crippen LogP contribution in [0.25, 0.3) is 16.9 Å². The average molecular weight is 309 g/mol. The van der Waals surface area contributed by atoms with Crippen LogP contribution >= 0.6 is 0 Å². The normalized spacial score (nSPS) is 14.5. The highest BCUT2D eigenvalue weighted by Crippen LogP contribution is 2.30. The number of Topliss-reactive ketones (excluding diaryl/α,β-unsaturated/α-hetero) is 1. The Morgan fingerprint density at radius 3 is 3.00 bits per heavy atom. The number of aromatic nitrogens is 5. The molecular formula is C17H19N5O. The highest BCUT2D eigenvalue weighted by molar-refractivity contribution is 5.84. The molecule has 23 heavy (non-hydrogen) atoms. The van der Waals surface area contributed by atoms with Crippen LogP contribution in [-0.4, -0.2) is 30.2 Å². The van der Waals surface area contributed by atoms with Gasteiger partial charge in [0.1, 0.15) is 5.78 Å². The van der Waals surface area contributed by atoms with Crippen LogP contribution in [0.1, 0.15) is 32.0 Å². The van der Waals surface area contributed by atoms with Crippen molar-refractivity contribution in [1.82, 2.24) is 24.4 Å². The number of hydrogen-bond acceptors (Lipinski definition) is 4. The summed E-state index contributed by atoms with van der Waals surface area (Å²) in [5.74, 6) is 1.11. The summed E-state index contributed by atoms with van der Waals surface area (Å²) in [5.41, 5.74) is 2.72. The van der Waals surface area contributed by atoms with Crippen LogP contribution in [0.15, 0.2) is 30.6 Å². The number of pyridine rings is 1. The molecule has 3 aromatic heterocycles. The van der Waals surface area contributed by atoms with Gasteiger partial charge in [-0.3, -0.25) is 9.48 Å². The van der Waals surface area contributed by atoms with Gasteiger partial charge in [0.25, 0.3) is 0 Å². The highest BCUT2D eigenvalue weighted by atomic mass is 16.1. The fraction of sp³-hybridized carbons (Fsp3) is 0.412. The molecule has 0 spiro atoms. The monoisotopic (exact) mass is 309 g/mol. The van der Waals surface area contributed by atoms with Gasteiger partial charge in [0.05, 0.1) is 18.3 Å². The summed E-state index contributed by atoms with van der Waals surface area (Å²) >= 11 is 0. The van der Waals surface area contributed by atoms with E-state index in [4.69, 9.17) is 0 Å². The molecular weight excluding hydrogens is 290 g/mol. The molecule has 4 rings (SSSR count). The maximum absolute atomic E-state index is 12.0. The van der Waals surface area contributed by atoms with E-state index < -0.39 is 0 Å². The van der Waals surface area contributed by atoms with Crippen molar-refractivity contribution in [2.45, 2.75) is 39.2 Å². The van der Waals surface area contributed by atoms with E-state index in [9.17, 15) is 4.79 Å². The van der Waals surface area contributed by atoms with Crippen molar-refractivity contribution in [3.63, 3.8) is 0 Å². The van der Waals surface area contributed by atoms with Crippen molar-refractivity contribution in [3.05, 3.63) is 36.4 Å². The lowest BCUT2D eigenvalue weighted by Gasteiger charge is -2.00. The van der Waals surface area contributed by atoms with Crippen LogP contribution in [0.3, 0.4) is 0 Å². The molecule has 118 valence electrons. The molecule has 0 N–H and O–H groups in total. The minimum atomic E-state index is 0.244. The van der Waals surface area contributed by atoms with E-state index in [0.29, 0.717) is 12.2 Å². The van der Waals surface area contributed by atoms with E-state index in [1.165, 1.54) is 0 Å². The van der Waals surface area contributed by atoms with E-state index in [0.717, 1.165) is 42.7 Å². The molecule has 6 heteroatoms. The third-order valence-electron chi connectivity index (χ3n) is 4.15. The smallest absolute Gasteiger partial charge is 0.159 e. The van der Waals surface area contributed by atoms with Crippen molar-refractivity contribution >= 4 is 11.4 Å². The van der Waals surface area contributed by atoms with Gasteiger partial charge in [-0.1, -0.05) is 13.0 Å². The van der Waals surface area contributed by atoms with E-state index in [-0.39, 0.29) is 11.7 Å². The predicted octanol–water partition coefficient (Wildman–Crippen LogP) is 2.52. The number of carbonyl (C=O) groups is 1. The van der Waals surface area contributed by atoms with Crippen molar-refractivity contribution in [2.75, 3.05) is 0 Å². The molecule has 3 aromatic rings. The van der Waals surface area contributed by atoms with Crippen LogP contribution in [-0.2, 0) is 17.8 Å². The number of ketones is 1. The number of hydrogen-bond donors (Lipinski definition) is 0. The van der Waals surface area contributed by atoms with Gasteiger partial charge >= 0.3 is 0 Å². The number of nitrogens with zero attached hydrogens (tertiary/aromatic N) is 5. The summed E-state index contributed by atoms with van der Waals surface area (Å²) in [6.07, 6.45) is 7.29. The van der Waals surface area contributed by atoms with Crippen LogP contribution in [0.4, 0.5) is 0 Å². The van der Waals surface area contributed by atoms with E-state index in [2.05, 4.69) is 22.1 Å². The van der Waals surface area contributed by atoms with Gasteiger partial charge < -0.3 is 0 Å². The summed E-state index contributed by atoms with van der Waals surface area (Å²) < 4.78 is 3.74. The number of rotatable bonds is 6. The van der Waals surface area contributed by atoms with E-state index >= 15 is 0 Å². The molecule has 0 aromatic carbocycles. The van der Waals surface area contributed by atoms with Crippen molar-refractivity contribution < 1.29 is 4.79 Å². The predicted molar refractivity (Wildman–Crippen MR) is 85.9 cm³/mol. The molecule has 1 aliphatic carbocycles. The fourth-order valence-electron chi connectivity index (χ4n) is 2.80. The minimum Gasteiger partial charge on any atom is -0.299 e. The molecule has 0 amide bonds. The first-order valence-corrected chi connectivity index (χ1v) is 8.15. The molecule has 1 saturated carbocycles. The second kappa shape index (κ2) is 5.61. The first-order chi connectivity index (χ1) is 11.2. The second-order valence-electron chi connectivity index (χ2n) is 6.12. The number of aryl methyl sites for hydroxylation is 1. The van der Waals surface area contributed by atoms with Crippen LogP contribution in [0.5, 0.6) is 0 Å². The van der Waals surface area contributed by atoms with Crippen LogP contribution < -0.4 is 0 Å². The number of carbonyl (C=O) groups excluding carboxylic acids is 1. The zero-order chi connectivity index (χ0) is 15.8. The van der Waals surface area contributed by atoms with Gasteiger partial charge in [0, 0.05) is 24.2 Å². The molecule has 0 unspecified atom stereocenters. The molecule has 3 heterocycles. The summed E-state index contributed by atoms with van der Waals surface area (Å²) in [6.45, 7) is 3.02. The van der Waals surface area contributed by atoms with E-state index in [1.807, 2.05) is 39.8 Å². The molecule has 1 aliphatic rings. The van der Waals surface area contributed by atoms with Crippen LogP contribution in [0, 0.1) is 5.92 Å². The first-order valence-electron chi connectivity index (χ1n) is 8.15. The van der Waals surface area contributed by atoms with Gasteiger partial charge in [-0.15, -0.1) is 0 Å². The second-order valence-corrected chi connectivity index (χ2v) is 6.12. The van der Waals surface area contributed by atoms with Gasteiger partial charge in [-0.2, -0.15) is 10.2 Å². The minimum absolute atomic E-state index is 0.244. The maximum atomic E-state index is 12.0. The third-order valence-corrected chi connectivity index (χ3v) is 4.15.